The first kappa shape index (κ1) is 29.8. The van der Waals surface area contributed by atoms with Crippen molar-refractivity contribution >= 4 is 39.1 Å². The van der Waals surface area contributed by atoms with Crippen LogP contribution in [0.1, 0.15) is 57.4 Å². The summed E-state index contributed by atoms with van der Waals surface area (Å²) in [6, 6.07) is 13.4. The lowest BCUT2D eigenvalue weighted by Gasteiger charge is -2.31. The number of rotatable bonds is 12. The molecule has 1 atom stereocenters. The Bertz CT molecular complexity index is 1180. The highest BCUT2D eigenvalue weighted by atomic mass is 35.5. The average molecular weight is 564 g/mol. The summed E-state index contributed by atoms with van der Waals surface area (Å²) in [5.74, 6) is 0.220. The van der Waals surface area contributed by atoms with Crippen molar-refractivity contribution in [1.29, 1.82) is 0 Å². The third-order valence-corrected chi connectivity index (χ3v) is 8.30. The third kappa shape index (κ3) is 8.63. The fourth-order valence-electron chi connectivity index (χ4n) is 4.74. The largest absolute Gasteiger partial charge is 0.497 e. The number of amides is 2. The van der Waals surface area contributed by atoms with Crippen LogP contribution in [-0.4, -0.2) is 57.1 Å². The number of carbonyl (C=O) groups is 2. The third-order valence-electron chi connectivity index (χ3n) is 6.87. The predicted molar refractivity (Wildman–Crippen MR) is 151 cm³/mol. The van der Waals surface area contributed by atoms with E-state index in [0.717, 1.165) is 37.5 Å². The molecule has 2 aromatic rings. The van der Waals surface area contributed by atoms with E-state index in [2.05, 4.69) is 5.32 Å². The van der Waals surface area contributed by atoms with E-state index in [9.17, 15) is 18.0 Å². The number of halogens is 1. The Morgan fingerprint density at radius 3 is 2.39 bits per heavy atom. The summed E-state index contributed by atoms with van der Waals surface area (Å²) in [4.78, 5) is 28.1. The first-order valence-electron chi connectivity index (χ1n) is 13.0. The summed E-state index contributed by atoms with van der Waals surface area (Å²) >= 11 is 6.16. The molecule has 0 spiro atoms. The van der Waals surface area contributed by atoms with Gasteiger partial charge in [0.25, 0.3) is 0 Å². The van der Waals surface area contributed by atoms with Crippen molar-refractivity contribution < 1.29 is 22.7 Å². The normalized spacial score (nSPS) is 14.9. The standard InChI is InChI=1S/C28H38ClN3O5S/c1-21(28(34)30-24-11-5-4-6-12-24)31(20-22-9-7-10-23(29)19-22)27(33)13-8-18-32(38(3,35)36)25-14-16-26(37-2)17-15-25/h7,9-10,14-17,19,21,24H,4-6,8,11-13,18,20H2,1-3H3,(H,30,34). The molecule has 0 aromatic heterocycles. The summed E-state index contributed by atoms with van der Waals surface area (Å²) in [5, 5.41) is 3.67. The van der Waals surface area contributed by atoms with Gasteiger partial charge in [-0.2, -0.15) is 0 Å². The van der Waals surface area contributed by atoms with Crippen molar-refractivity contribution in [2.45, 2.75) is 70.5 Å². The molecule has 38 heavy (non-hydrogen) atoms. The van der Waals surface area contributed by atoms with Gasteiger partial charge in [-0.1, -0.05) is 43.0 Å². The molecule has 2 amide bonds. The SMILES string of the molecule is COc1ccc(N(CCCC(=O)N(Cc2cccc(Cl)c2)C(C)C(=O)NC2CCCCC2)S(C)(=O)=O)cc1. The zero-order valence-electron chi connectivity index (χ0n) is 22.4. The molecule has 2 aromatic carbocycles. The summed E-state index contributed by atoms with van der Waals surface area (Å²) in [6.07, 6.45) is 6.79. The van der Waals surface area contributed by atoms with Crippen LogP contribution in [0.2, 0.25) is 5.02 Å². The van der Waals surface area contributed by atoms with E-state index in [1.165, 1.54) is 10.7 Å². The molecule has 0 aliphatic heterocycles. The van der Waals surface area contributed by atoms with Gasteiger partial charge in [-0.05, 0) is 68.1 Å². The Morgan fingerprint density at radius 2 is 1.79 bits per heavy atom. The molecule has 0 bridgehead atoms. The van der Waals surface area contributed by atoms with E-state index >= 15 is 0 Å². The van der Waals surface area contributed by atoms with Crippen LogP contribution < -0.4 is 14.4 Å². The molecule has 208 valence electrons. The van der Waals surface area contributed by atoms with Crippen LogP contribution in [0.4, 0.5) is 5.69 Å². The first-order valence-corrected chi connectivity index (χ1v) is 15.3. The van der Waals surface area contributed by atoms with Gasteiger partial charge in [0.05, 0.1) is 19.1 Å². The van der Waals surface area contributed by atoms with E-state index in [1.54, 1.807) is 55.3 Å². The van der Waals surface area contributed by atoms with Crippen LogP contribution in [0.15, 0.2) is 48.5 Å². The van der Waals surface area contributed by atoms with E-state index in [0.29, 0.717) is 22.9 Å². The molecular weight excluding hydrogens is 526 g/mol. The lowest BCUT2D eigenvalue weighted by Crippen LogP contribution is -2.50. The van der Waals surface area contributed by atoms with E-state index in [-0.39, 0.29) is 37.4 Å². The number of nitrogens with one attached hydrogen (secondary N) is 1. The highest BCUT2D eigenvalue weighted by Crippen LogP contribution is 2.23. The highest BCUT2D eigenvalue weighted by Gasteiger charge is 2.28. The molecule has 1 saturated carbocycles. The number of benzene rings is 2. The summed E-state index contributed by atoms with van der Waals surface area (Å²) in [5.41, 5.74) is 1.32. The Hall–Kier alpha value is -2.78. The molecule has 1 unspecified atom stereocenters. The van der Waals surface area contributed by atoms with E-state index in [4.69, 9.17) is 16.3 Å². The number of nitrogens with zero attached hydrogens (tertiary/aromatic N) is 2. The number of anilines is 1. The van der Waals surface area contributed by atoms with Crippen molar-refractivity contribution in [1.82, 2.24) is 10.2 Å². The topological polar surface area (TPSA) is 96.0 Å². The van der Waals surface area contributed by atoms with Gasteiger partial charge in [0.15, 0.2) is 0 Å². The van der Waals surface area contributed by atoms with Crippen LogP contribution in [0.5, 0.6) is 5.75 Å². The Kier molecular flexibility index (Phi) is 10.8. The Labute approximate surface area is 231 Å². The van der Waals surface area contributed by atoms with Crippen LogP contribution in [-0.2, 0) is 26.2 Å². The first-order chi connectivity index (χ1) is 18.1. The van der Waals surface area contributed by atoms with Crippen LogP contribution in [0, 0.1) is 0 Å². The van der Waals surface area contributed by atoms with Gasteiger partial charge in [0.1, 0.15) is 11.8 Å². The number of ether oxygens (including phenoxy) is 1. The minimum Gasteiger partial charge on any atom is -0.497 e. The van der Waals surface area contributed by atoms with Gasteiger partial charge in [-0.25, -0.2) is 8.42 Å². The van der Waals surface area contributed by atoms with Crippen molar-refractivity contribution in [3.8, 4) is 5.75 Å². The number of sulfonamides is 1. The minimum absolute atomic E-state index is 0.0871. The average Bonchev–Trinajstić information content (AvgIpc) is 2.89. The van der Waals surface area contributed by atoms with Crippen LogP contribution >= 0.6 is 11.6 Å². The number of hydrogen-bond donors (Lipinski definition) is 1. The smallest absolute Gasteiger partial charge is 0.242 e. The molecule has 0 saturated heterocycles. The number of hydrogen-bond acceptors (Lipinski definition) is 5. The summed E-state index contributed by atoms with van der Waals surface area (Å²) in [7, 11) is -2.02. The quantitative estimate of drug-likeness (QED) is 0.401. The van der Waals surface area contributed by atoms with Gasteiger partial charge < -0.3 is 15.0 Å². The van der Waals surface area contributed by atoms with Gasteiger partial charge >= 0.3 is 0 Å². The number of methoxy groups -OCH3 is 1. The molecule has 8 nitrogen and oxygen atoms in total. The Morgan fingerprint density at radius 1 is 1.11 bits per heavy atom. The van der Waals surface area contributed by atoms with Crippen LogP contribution in [0.3, 0.4) is 0 Å². The molecule has 10 heteroatoms. The molecule has 0 heterocycles. The molecule has 1 fully saturated rings. The second-order valence-corrected chi connectivity index (χ2v) is 12.2. The van der Waals surface area contributed by atoms with Crippen molar-refractivity contribution in [2.75, 3.05) is 24.2 Å². The van der Waals surface area contributed by atoms with Crippen molar-refractivity contribution in [3.63, 3.8) is 0 Å². The lowest BCUT2D eigenvalue weighted by molar-refractivity contribution is -0.141. The maximum absolute atomic E-state index is 13.5. The van der Waals surface area contributed by atoms with Gasteiger partial charge in [-0.3, -0.25) is 13.9 Å². The number of carbonyl (C=O) groups excluding carboxylic acids is 2. The highest BCUT2D eigenvalue weighted by molar-refractivity contribution is 7.92. The van der Waals surface area contributed by atoms with E-state index in [1.807, 2.05) is 12.1 Å². The maximum Gasteiger partial charge on any atom is 0.242 e. The fraction of sp³-hybridized carbons (Fsp3) is 0.500. The van der Waals surface area contributed by atoms with Crippen molar-refractivity contribution in [2.24, 2.45) is 0 Å². The summed E-state index contributed by atoms with van der Waals surface area (Å²) < 4.78 is 31.4. The summed E-state index contributed by atoms with van der Waals surface area (Å²) in [6.45, 7) is 2.10. The minimum atomic E-state index is -3.57. The monoisotopic (exact) mass is 563 g/mol. The van der Waals surface area contributed by atoms with Gasteiger partial charge in [-0.15, -0.1) is 0 Å². The second kappa shape index (κ2) is 13.8. The Balaban J connectivity index is 1.71. The molecule has 1 aliphatic rings. The second-order valence-electron chi connectivity index (χ2n) is 9.81. The molecule has 0 radical (unpaired) electrons. The molecule has 1 aliphatic carbocycles. The van der Waals surface area contributed by atoms with E-state index < -0.39 is 16.1 Å². The van der Waals surface area contributed by atoms with Crippen molar-refractivity contribution in [3.05, 3.63) is 59.1 Å². The maximum atomic E-state index is 13.5. The zero-order chi connectivity index (χ0) is 27.7. The van der Waals surface area contributed by atoms with Crippen LogP contribution in [0.25, 0.3) is 0 Å². The molecule has 3 rings (SSSR count). The van der Waals surface area contributed by atoms with Gasteiger partial charge in [0.2, 0.25) is 21.8 Å². The molecular formula is C28H38ClN3O5S. The fourth-order valence-corrected chi connectivity index (χ4v) is 5.91. The zero-order valence-corrected chi connectivity index (χ0v) is 23.9. The van der Waals surface area contributed by atoms with Gasteiger partial charge in [0, 0.05) is 30.6 Å². The lowest BCUT2D eigenvalue weighted by atomic mass is 9.95. The molecule has 1 N–H and O–H groups in total. The predicted octanol–water partition coefficient (Wildman–Crippen LogP) is 4.76.